The van der Waals surface area contributed by atoms with Crippen molar-refractivity contribution in [2.24, 2.45) is 0 Å². The molecule has 0 unspecified atom stereocenters. The Labute approximate surface area is 156 Å². The smallest absolute Gasteiger partial charge is 0.191 e. The fourth-order valence-electron chi connectivity index (χ4n) is 2.72. The Morgan fingerprint density at radius 3 is 2.38 bits per heavy atom. The lowest BCUT2D eigenvalue weighted by atomic mass is 10.2. The minimum Gasteiger partial charge on any atom is -0.302 e. The maximum atomic E-state index is 4.65. The molecule has 0 fully saturated rings. The molecule has 130 valence electrons. The van der Waals surface area contributed by atoms with Crippen LogP contribution < -0.4 is 0 Å². The molecule has 6 heteroatoms. The van der Waals surface area contributed by atoms with Crippen LogP contribution in [0.3, 0.4) is 0 Å². The van der Waals surface area contributed by atoms with Crippen LogP contribution in [-0.4, -0.2) is 24.5 Å². The van der Waals surface area contributed by atoms with E-state index < -0.39 is 0 Å². The van der Waals surface area contributed by atoms with Crippen molar-refractivity contribution in [1.82, 2.24) is 24.5 Å². The largest absolute Gasteiger partial charge is 0.302 e. The summed E-state index contributed by atoms with van der Waals surface area (Å²) in [6, 6.07) is 22.5. The Bertz CT molecular complexity index is 976. The third-order valence-corrected chi connectivity index (χ3v) is 5.10. The highest BCUT2D eigenvalue weighted by Crippen LogP contribution is 2.22. The van der Waals surface area contributed by atoms with Gasteiger partial charge in [0.2, 0.25) is 0 Å². The second-order valence-corrected chi connectivity index (χ2v) is 6.92. The summed E-state index contributed by atoms with van der Waals surface area (Å²) in [5, 5.41) is 14.1. The Morgan fingerprint density at radius 2 is 1.62 bits per heavy atom. The summed E-state index contributed by atoms with van der Waals surface area (Å²) in [5.74, 6) is 1.68. The predicted molar refractivity (Wildman–Crippen MR) is 103 cm³/mol. The van der Waals surface area contributed by atoms with Crippen molar-refractivity contribution < 1.29 is 0 Å². The average molecular weight is 361 g/mol. The zero-order valence-corrected chi connectivity index (χ0v) is 15.3. The van der Waals surface area contributed by atoms with E-state index in [0.717, 1.165) is 34.7 Å². The molecule has 4 rings (SSSR count). The molecule has 2 aromatic carbocycles. The minimum atomic E-state index is 0.757. The molecule has 2 heterocycles. The van der Waals surface area contributed by atoms with Crippen LogP contribution in [0.25, 0.3) is 5.69 Å². The lowest BCUT2D eigenvalue weighted by molar-refractivity contribution is 0.688. The molecule has 0 N–H and O–H groups in total. The van der Waals surface area contributed by atoms with E-state index in [-0.39, 0.29) is 0 Å². The van der Waals surface area contributed by atoms with Crippen LogP contribution in [0.1, 0.15) is 17.1 Å². The summed E-state index contributed by atoms with van der Waals surface area (Å²) in [4.78, 5) is 0. The van der Waals surface area contributed by atoms with Gasteiger partial charge in [0, 0.05) is 11.9 Å². The van der Waals surface area contributed by atoms with Gasteiger partial charge in [0.15, 0.2) is 5.16 Å². The van der Waals surface area contributed by atoms with Crippen molar-refractivity contribution in [3.63, 3.8) is 0 Å². The summed E-state index contributed by atoms with van der Waals surface area (Å²) in [5.41, 5.74) is 3.32. The molecule has 0 bridgehead atoms. The van der Waals surface area contributed by atoms with Gasteiger partial charge in [-0.2, -0.15) is 5.10 Å². The molecule has 0 atom stereocenters. The van der Waals surface area contributed by atoms with E-state index in [2.05, 4.69) is 44.1 Å². The van der Waals surface area contributed by atoms with Gasteiger partial charge >= 0.3 is 0 Å². The van der Waals surface area contributed by atoms with Gasteiger partial charge in [-0.3, -0.25) is 0 Å². The van der Waals surface area contributed by atoms with Crippen molar-refractivity contribution in [3.05, 3.63) is 90.0 Å². The third kappa shape index (κ3) is 3.70. The number of benzene rings is 2. The van der Waals surface area contributed by atoms with Crippen LogP contribution in [0.15, 0.2) is 78.1 Å². The maximum Gasteiger partial charge on any atom is 0.191 e. The predicted octanol–water partition coefficient (Wildman–Crippen LogP) is 4.11. The van der Waals surface area contributed by atoms with Crippen LogP contribution in [0.4, 0.5) is 0 Å². The molecule has 0 aliphatic carbocycles. The second-order valence-electron chi connectivity index (χ2n) is 5.98. The summed E-state index contributed by atoms with van der Waals surface area (Å²) in [6.07, 6.45) is 1.99. The highest BCUT2D eigenvalue weighted by Gasteiger charge is 2.11. The standard InChI is InChI=1S/C20H19N5S/c1-16-21-22-20(24(16)14-17-8-4-2-5-9-17)26-15-18-12-13-25(23-18)19-10-6-3-7-11-19/h2-13H,14-15H2,1H3. The lowest BCUT2D eigenvalue weighted by Gasteiger charge is -2.08. The van der Waals surface area contributed by atoms with E-state index in [9.17, 15) is 0 Å². The zero-order valence-electron chi connectivity index (χ0n) is 14.5. The number of aryl methyl sites for hydroxylation is 1. The van der Waals surface area contributed by atoms with Gasteiger partial charge in [0.05, 0.1) is 17.9 Å². The second kappa shape index (κ2) is 7.58. The number of hydrogen-bond acceptors (Lipinski definition) is 4. The molecule has 4 aromatic rings. The SMILES string of the molecule is Cc1nnc(SCc2ccn(-c3ccccc3)n2)n1Cc1ccccc1. The Hall–Kier alpha value is -2.86. The van der Waals surface area contributed by atoms with Crippen molar-refractivity contribution >= 4 is 11.8 Å². The van der Waals surface area contributed by atoms with Gasteiger partial charge in [-0.1, -0.05) is 60.3 Å². The Morgan fingerprint density at radius 1 is 0.885 bits per heavy atom. The normalized spacial score (nSPS) is 11.0. The molecule has 26 heavy (non-hydrogen) atoms. The van der Waals surface area contributed by atoms with Gasteiger partial charge in [-0.15, -0.1) is 10.2 Å². The molecular weight excluding hydrogens is 342 g/mol. The van der Waals surface area contributed by atoms with Gasteiger partial charge in [-0.05, 0) is 30.7 Å². The number of aromatic nitrogens is 5. The first-order valence-electron chi connectivity index (χ1n) is 8.46. The van der Waals surface area contributed by atoms with Crippen molar-refractivity contribution in [2.75, 3.05) is 0 Å². The van der Waals surface area contributed by atoms with Gasteiger partial charge in [-0.25, -0.2) is 4.68 Å². The third-order valence-electron chi connectivity index (χ3n) is 4.10. The number of nitrogens with zero attached hydrogens (tertiary/aromatic N) is 5. The summed E-state index contributed by atoms with van der Waals surface area (Å²) in [7, 11) is 0. The Kier molecular flexibility index (Phi) is 4.84. The molecule has 0 amide bonds. The fourth-order valence-corrected chi connectivity index (χ4v) is 3.60. The van der Waals surface area contributed by atoms with E-state index in [1.807, 2.05) is 60.3 Å². The number of thioether (sulfide) groups is 1. The topological polar surface area (TPSA) is 48.5 Å². The lowest BCUT2D eigenvalue weighted by Crippen LogP contribution is -2.04. The van der Waals surface area contributed by atoms with Crippen molar-refractivity contribution in [1.29, 1.82) is 0 Å². The van der Waals surface area contributed by atoms with Crippen LogP contribution in [0, 0.1) is 6.92 Å². The number of para-hydroxylation sites is 1. The van der Waals surface area contributed by atoms with Crippen LogP contribution >= 0.6 is 11.8 Å². The van der Waals surface area contributed by atoms with Crippen LogP contribution in [-0.2, 0) is 12.3 Å². The van der Waals surface area contributed by atoms with Crippen LogP contribution in [0.2, 0.25) is 0 Å². The first-order chi connectivity index (χ1) is 12.8. The van der Waals surface area contributed by atoms with E-state index in [0.29, 0.717) is 0 Å². The van der Waals surface area contributed by atoms with E-state index in [4.69, 9.17) is 0 Å². The first kappa shape index (κ1) is 16.6. The van der Waals surface area contributed by atoms with E-state index in [1.165, 1.54) is 5.56 Å². The highest BCUT2D eigenvalue weighted by molar-refractivity contribution is 7.98. The minimum absolute atomic E-state index is 0.757. The molecule has 0 aliphatic rings. The number of rotatable bonds is 6. The molecule has 0 spiro atoms. The van der Waals surface area contributed by atoms with Gasteiger partial charge in [0.1, 0.15) is 5.82 Å². The summed E-state index contributed by atoms with van der Waals surface area (Å²) < 4.78 is 4.05. The monoisotopic (exact) mass is 361 g/mol. The summed E-state index contributed by atoms with van der Waals surface area (Å²) >= 11 is 1.66. The van der Waals surface area contributed by atoms with E-state index in [1.54, 1.807) is 11.8 Å². The van der Waals surface area contributed by atoms with Gasteiger partial charge in [0.25, 0.3) is 0 Å². The first-order valence-corrected chi connectivity index (χ1v) is 9.44. The average Bonchev–Trinajstić information content (AvgIpc) is 3.29. The fraction of sp³-hybridized carbons (Fsp3) is 0.150. The molecule has 0 radical (unpaired) electrons. The maximum absolute atomic E-state index is 4.65. The van der Waals surface area contributed by atoms with Crippen molar-refractivity contribution in [3.8, 4) is 5.69 Å². The summed E-state index contributed by atoms with van der Waals surface area (Å²) in [6.45, 7) is 2.77. The van der Waals surface area contributed by atoms with E-state index >= 15 is 0 Å². The number of hydrogen-bond donors (Lipinski definition) is 0. The van der Waals surface area contributed by atoms with Crippen molar-refractivity contribution in [2.45, 2.75) is 24.4 Å². The molecule has 5 nitrogen and oxygen atoms in total. The highest BCUT2D eigenvalue weighted by atomic mass is 32.2. The van der Waals surface area contributed by atoms with Gasteiger partial charge < -0.3 is 4.57 Å². The molecule has 0 saturated heterocycles. The zero-order chi connectivity index (χ0) is 17.8. The molecule has 0 saturated carbocycles. The Balaban J connectivity index is 1.47. The quantitative estimate of drug-likeness (QED) is 0.485. The van der Waals surface area contributed by atoms with Crippen LogP contribution in [0.5, 0.6) is 0 Å². The molecule has 2 aromatic heterocycles. The molecule has 0 aliphatic heterocycles. The molecular formula is C20H19N5S.